The average molecular weight is 328 g/mol. The number of phenols is 1. The highest BCUT2D eigenvalue weighted by Crippen LogP contribution is 2.29. The molecule has 0 bridgehead atoms. The maximum absolute atomic E-state index is 9.80. The molecule has 0 unspecified atom stereocenters. The van der Waals surface area contributed by atoms with E-state index in [-0.39, 0.29) is 5.75 Å². The van der Waals surface area contributed by atoms with E-state index >= 15 is 0 Å². The molecule has 0 radical (unpaired) electrons. The molecule has 3 nitrogen and oxygen atoms in total. The van der Waals surface area contributed by atoms with E-state index in [0.29, 0.717) is 32.0 Å². The second-order valence-corrected chi connectivity index (χ2v) is 5.24. The molecule has 0 aromatic heterocycles. The van der Waals surface area contributed by atoms with Crippen LogP contribution in [-0.2, 0) is 0 Å². The van der Waals surface area contributed by atoms with E-state index < -0.39 is 0 Å². The molecule has 2 N–H and O–H groups in total. The lowest BCUT2D eigenvalue weighted by molar-refractivity contribution is 0.414. The lowest BCUT2D eigenvalue weighted by atomic mass is 10.2. The molecule has 0 amide bonds. The Morgan fingerprint density at radius 2 is 1.80 bits per heavy atom. The number of hydrogen-bond acceptors (Lipinski definition) is 3. The summed E-state index contributed by atoms with van der Waals surface area (Å²) < 4.78 is 5.24. The number of ether oxygens (including phenoxy) is 1. The molecule has 0 aliphatic heterocycles. The fourth-order valence-corrected chi connectivity index (χ4v) is 2.27. The number of thiocarbonyl (C=S) groups is 1. The van der Waals surface area contributed by atoms with Crippen molar-refractivity contribution in [2.24, 2.45) is 0 Å². The predicted molar refractivity (Wildman–Crippen MR) is 86.4 cm³/mol. The van der Waals surface area contributed by atoms with E-state index in [2.05, 4.69) is 5.32 Å². The zero-order chi connectivity index (χ0) is 14.7. The first-order valence-electron chi connectivity index (χ1n) is 5.64. The highest BCUT2D eigenvalue weighted by atomic mass is 35.5. The van der Waals surface area contributed by atoms with Crippen LogP contribution in [0.4, 0.5) is 5.69 Å². The fraction of sp³-hybridized carbons (Fsp3) is 0.0714. The summed E-state index contributed by atoms with van der Waals surface area (Å²) in [6.45, 7) is 0. The van der Waals surface area contributed by atoms with E-state index in [4.69, 9.17) is 40.2 Å². The van der Waals surface area contributed by atoms with E-state index in [1.807, 2.05) is 0 Å². The van der Waals surface area contributed by atoms with Crippen molar-refractivity contribution in [2.75, 3.05) is 12.4 Å². The molecule has 0 saturated heterocycles. The topological polar surface area (TPSA) is 41.5 Å². The highest BCUT2D eigenvalue weighted by molar-refractivity contribution is 7.81. The molecular weight excluding hydrogens is 317 g/mol. The largest absolute Gasteiger partial charge is 0.506 e. The second-order valence-electron chi connectivity index (χ2n) is 3.96. The van der Waals surface area contributed by atoms with Gasteiger partial charge in [-0.3, -0.25) is 0 Å². The first kappa shape index (κ1) is 14.9. The van der Waals surface area contributed by atoms with Gasteiger partial charge in [-0.1, -0.05) is 35.4 Å². The van der Waals surface area contributed by atoms with Crippen LogP contribution in [0, 0.1) is 0 Å². The standard InChI is InChI=1S/C14H11Cl2NO2S/c1-19-13-5-3-8(15)6-10(13)14(20)17-11-4-2-9(16)7-12(11)18/h2-7,18H,1H3,(H,17,20). The van der Waals surface area contributed by atoms with Gasteiger partial charge in [-0.25, -0.2) is 0 Å². The zero-order valence-corrected chi connectivity index (χ0v) is 12.8. The van der Waals surface area contributed by atoms with Crippen LogP contribution in [0.2, 0.25) is 10.0 Å². The summed E-state index contributed by atoms with van der Waals surface area (Å²) in [6, 6.07) is 9.87. The van der Waals surface area contributed by atoms with Gasteiger partial charge in [0.25, 0.3) is 0 Å². The van der Waals surface area contributed by atoms with Gasteiger partial charge in [0.05, 0.1) is 18.4 Å². The normalized spacial score (nSPS) is 10.2. The van der Waals surface area contributed by atoms with Crippen LogP contribution >= 0.6 is 35.4 Å². The Hall–Kier alpha value is -1.49. The predicted octanol–water partition coefficient (Wildman–Crippen LogP) is 4.50. The number of hydrogen-bond donors (Lipinski definition) is 2. The van der Waals surface area contributed by atoms with Crippen molar-refractivity contribution in [3.8, 4) is 11.5 Å². The number of phenolic OH excluding ortho intramolecular Hbond substituents is 1. The molecule has 2 aromatic carbocycles. The van der Waals surface area contributed by atoms with Crippen molar-refractivity contribution in [2.45, 2.75) is 0 Å². The van der Waals surface area contributed by atoms with Crippen LogP contribution < -0.4 is 10.1 Å². The molecule has 0 saturated carbocycles. The SMILES string of the molecule is COc1ccc(Cl)cc1C(=S)Nc1ccc(Cl)cc1O. The van der Waals surface area contributed by atoms with Crippen molar-refractivity contribution in [1.29, 1.82) is 0 Å². The molecule has 2 rings (SSSR count). The van der Waals surface area contributed by atoms with Crippen LogP contribution in [0.25, 0.3) is 0 Å². The van der Waals surface area contributed by atoms with Gasteiger partial charge in [-0.2, -0.15) is 0 Å². The Bertz CT molecular complexity index is 662. The van der Waals surface area contributed by atoms with Gasteiger partial charge in [-0.15, -0.1) is 0 Å². The third-order valence-electron chi connectivity index (χ3n) is 2.61. The van der Waals surface area contributed by atoms with Gasteiger partial charge >= 0.3 is 0 Å². The van der Waals surface area contributed by atoms with Gasteiger partial charge < -0.3 is 15.2 Å². The minimum Gasteiger partial charge on any atom is -0.506 e. The van der Waals surface area contributed by atoms with Crippen LogP contribution in [0.1, 0.15) is 5.56 Å². The molecule has 20 heavy (non-hydrogen) atoms. The molecule has 104 valence electrons. The minimum atomic E-state index is 0.0147. The molecule has 2 aromatic rings. The third-order valence-corrected chi connectivity index (χ3v) is 3.41. The summed E-state index contributed by atoms with van der Waals surface area (Å²) in [5.74, 6) is 0.612. The quantitative estimate of drug-likeness (QED) is 0.643. The number of nitrogens with one attached hydrogen (secondary N) is 1. The van der Waals surface area contributed by atoms with Crippen LogP contribution in [0.15, 0.2) is 36.4 Å². The number of rotatable bonds is 3. The van der Waals surface area contributed by atoms with Crippen LogP contribution in [0.5, 0.6) is 11.5 Å². The zero-order valence-electron chi connectivity index (χ0n) is 10.5. The number of aromatic hydroxyl groups is 1. The highest BCUT2D eigenvalue weighted by Gasteiger charge is 2.11. The summed E-state index contributed by atoms with van der Waals surface area (Å²) in [6.07, 6.45) is 0. The lowest BCUT2D eigenvalue weighted by Crippen LogP contribution is -2.12. The van der Waals surface area contributed by atoms with Gasteiger partial charge in [-0.05, 0) is 30.3 Å². The van der Waals surface area contributed by atoms with E-state index in [1.165, 1.54) is 6.07 Å². The summed E-state index contributed by atoms with van der Waals surface area (Å²) in [5.41, 5.74) is 1.10. The average Bonchev–Trinajstić information content (AvgIpc) is 2.41. The van der Waals surface area contributed by atoms with Crippen molar-refractivity contribution in [1.82, 2.24) is 0 Å². The summed E-state index contributed by atoms with van der Waals surface area (Å²) in [7, 11) is 1.55. The van der Waals surface area contributed by atoms with Gasteiger partial charge in [0.15, 0.2) is 0 Å². The van der Waals surface area contributed by atoms with Crippen molar-refractivity contribution in [3.63, 3.8) is 0 Å². The van der Waals surface area contributed by atoms with Gasteiger partial charge in [0.2, 0.25) is 0 Å². The van der Waals surface area contributed by atoms with Gasteiger partial charge in [0.1, 0.15) is 16.5 Å². The minimum absolute atomic E-state index is 0.0147. The summed E-state index contributed by atoms with van der Waals surface area (Å²) >= 11 is 17.1. The Kier molecular flexibility index (Phi) is 4.70. The summed E-state index contributed by atoms with van der Waals surface area (Å²) in [4.78, 5) is 0.391. The Morgan fingerprint density at radius 1 is 1.15 bits per heavy atom. The summed E-state index contributed by atoms with van der Waals surface area (Å²) in [5, 5.41) is 13.7. The van der Waals surface area contributed by atoms with E-state index in [1.54, 1.807) is 37.4 Å². The lowest BCUT2D eigenvalue weighted by Gasteiger charge is -2.13. The molecule has 0 heterocycles. The first-order chi connectivity index (χ1) is 9.51. The Labute approximate surface area is 132 Å². The van der Waals surface area contributed by atoms with Crippen molar-refractivity contribution >= 4 is 46.1 Å². The number of halogens is 2. The monoisotopic (exact) mass is 327 g/mol. The maximum Gasteiger partial charge on any atom is 0.140 e. The molecule has 0 fully saturated rings. The maximum atomic E-state index is 9.80. The Balaban J connectivity index is 2.30. The van der Waals surface area contributed by atoms with E-state index in [0.717, 1.165) is 0 Å². The molecule has 0 spiro atoms. The van der Waals surface area contributed by atoms with Crippen LogP contribution in [-0.4, -0.2) is 17.2 Å². The molecular formula is C14H11Cl2NO2S. The fourth-order valence-electron chi connectivity index (χ4n) is 1.66. The number of anilines is 1. The van der Waals surface area contributed by atoms with Crippen molar-refractivity contribution in [3.05, 3.63) is 52.0 Å². The first-order valence-corrected chi connectivity index (χ1v) is 6.81. The second kappa shape index (κ2) is 6.31. The molecule has 0 aliphatic rings. The number of methoxy groups -OCH3 is 1. The van der Waals surface area contributed by atoms with Gasteiger partial charge in [0, 0.05) is 16.1 Å². The molecule has 0 aliphatic carbocycles. The molecule has 6 heteroatoms. The number of benzene rings is 2. The third kappa shape index (κ3) is 3.33. The molecule has 0 atom stereocenters. The smallest absolute Gasteiger partial charge is 0.140 e. The van der Waals surface area contributed by atoms with Crippen molar-refractivity contribution < 1.29 is 9.84 Å². The van der Waals surface area contributed by atoms with Crippen LogP contribution in [0.3, 0.4) is 0 Å². The van der Waals surface area contributed by atoms with E-state index in [9.17, 15) is 5.11 Å². The Morgan fingerprint density at radius 3 is 2.45 bits per heavy atom.